The number of urea groups is 1. The molecule has 106 valence electrons. The molecule has 1 aliphatic heterocycles. The highest BCUT2D eigenvalue weighted by molar-refractivity contribution is 7.88. The van der Waals surface area contributed by atoms with Crippen LogP contribution in [0, 0.1) is 5.92 Å². The fourth-order valence-electron chi connectivity index (χ4n) is 1.87. The van der Waals surface area contributed by atoms with Gasteiger partial charge in [-0.1, -0.05) is 13.8 Å². The molecule has 0 aromatic rings. The van der Waals surface area contributed by atoms with Crippen molar-refractivity contribution in [1.82, 2.24) is 14.9 Å². The fourth-order valence-corrected chi connectivity index (χ4v) is 2.74. The van der Waals surface area contributed by atoms with Crippen molar-refractivity contribution in [3.05, 3.63) is 0 Å². The highest BCUT2D eigenvalue weighted by Gasteiger charge is 2.25. The molecule has 0 aliphatic carbocycles. The van der Waals surface area contributed by atoms with Gasteiger partial charge in [0, 0.05) is 25.7 Å². The van der Waals surface area contributed by atoms with Gasteiger partial charge in [0.25, 0.3) is 0 Å². The zero-order chi connectivity index (χ0) is 13.8. The zero-order valence-electron chi connectivity index (χ0n) is 11.3. The molecule has 0 unspecified atom stereocenters. The van der Waals surface area contributed by atoms with Crippen LogP contribution in [0.3, 0.4) is 0 Å². The van der Waals surface area contributed by atoms with Crippen LogP contribution in [0.5, 0.6) is 0 Å². The number of rotatable bonds is 4. The molecule has 1 aliphatic rings. The van der Waals surface area contributed by atoms with Crippen molar-refractivity contribution in [2.45, 2.75) is 32.7 Å². The van der Waals surface area contributed by atoms with Crippen molar-refractivity contribution in [2.24, 2.45) is 5.92 Å². The van der Waals surface area contributed by atoms with Gasteiger partial charge in [0.15, 0.2) is 0 Å². The van der Waals surface area contributed by atoms with E-state index in [0.29, 0.717) is 38.4 Å². The average molecular weight is 277 g/mol. The first kappa shape index (κ1) is 15.2. The molecule has 7 heteroatoms. The van der Waals surface area contributed by atoms with Crippen molar-refractivity contribution < 1.29 is 13.2 Å². The van der Waals surface area contributed by atoms with E-state index >= 15 is 0 Å². The number of hydrogen-bond donors (Lipinski definition) is 2. The van der Waals surface area contributed by atoms with Gasteiger partial charge < -0.3 is 10.6 Å². The van der Waals surface area contributed by atoms with E-state index in [1.807, 2.05) is 13.8 Å². The second-order valence-electron chi connectivity index (χ2n) is 5.18. The molecular formula is C11H23N3O3S. The average Bonchev–Trinajstić information content (AvgIpc) is 2.26. The summed E-state index contributed by atoms with van der Waals surface area (Å²) in [6.45, 7) is 5.67. The van der Waals surface area contributed by atoms with E-state index in [9.17, 15) is 13.2 Å². The van der Waals surface area contributed by atoms with Gasteiger partial charge in [-0.2, -0.15) is 0 Å². The van der Waals surface area contributed by atoms with Gasteiger partial charge in [0.2, 0.25) is 10.0 Å². The fraction of sp³-hybridized carbons (Fsp3) is 0.909. The number of hydrogen-bond acceptors (Lipinski definition) is 3. The molecule has 0 saturated carbocycles. The number of amides is 2. The molecular weight excluding hydrogens is 254 g/mol. The molecule has 0 atom stereocenters. The molecule has 0 bridgehead atoms. The van der Waals surface area contributed by atoms with Crippen molar-refractivity contribution in [2.75, 3.05) is 25.9 Å². The van der Waals surface area contributed by atoms with Gasteiger partial charge in [-0.25, -0.2) is 17.5 Å². The molecule has 6 nitrogen and oxygen atoms in total. The maximum atomic E-state index is 11.5. The van der Waals surface area contributed by atoms with E-state index < -0.39 is 10.0 Å². The summed E-state index contributed by atoms with van der Waals surface area (Å²) < 4.78 is 24.1. The molecule has 2 N–H and O–H groups in total. The van der Waals surface area contributed by atoms with Crippen LogP contribution >= 0.6 is 0 Å². The summed E-state index contributed by atoms with van der Waals surface area (Å²) in [5.74, 6) is 0.419. The molecule has 0 spiro atoms. The van der Waals surface area contributed by atoms with E-state index in [0.717, 1.165) is 0 Å². The van der Waals surface area contributed by atoms with Crippen LogP contribution in [0.2, 0.25) is 0 Å². The van der Waals surface area contributed by atoms with Gasteiger partial charge in [0.1, 0.15) is 0 Å². The Balaban J connectivity index is 2.29. The summed E-state index contributed by atoms with van der Waals surface area (Å²) in [4.78, 5) is 11.5. The Hall–Kier alpha value is -0.820. The van der Waals surface area contributed by atoms with E-state index in [1.165, 1.54) is 10.6 Å². The Kier molecular flexibility index (Phi) is 5.40. The predicted octanol–water partition coefficient (Wildman–Crippen LogP) is 0.366. The number of carbonyl (C=O) groups excluding carboxylic acids is 1. The molecule has 1 heterocycles. The quantitative estimate of drug-likeness (QED) is 0.779. The summed E-state index contributed by atoms with van der Waals surface area (Å²) in [6.07, 6.45) is 2.56. The van der Waals surface area contributed by atoms with Gasteiger partial charge >= 0.3 is 6.03 Å². The van der Waals surface area contributed by atoms with Gasteiger partial charge in [-0.05, 0) is 18.8 Å². The molecule has 1 fully saturated rings. The first-order valence-corrected chi connectivity index (χ1v) is 8.13. The standard InChI is InChI=1S/C11H23N3O3S/c1-9(2)8-12-11(15)13-10-4-6-14(7-5-10)18(3,16)17/h9-10H,4-8H2,1-3H3,(H2,12,13,15). The topological polar surface area (TPSA) is 78.5 Å². The van der Waals surface area contributed by atoms with E-state index in [1.54, 1.807) is 0 Å². The SMILES string of the molecule is CC(C)CNC(=O)NC1CCN(S(C)(=O)=O)CC1. The zero-order valence-corrected chi connectivity index (χ0v) is 12.1. The largest absolute Gasteiger partial charge is 0.338 e. The van der Waals surface area contributed by atoms with Crippen LogP contribution in [0.4, 0.5) is 4.79 Å². The first-order valence-electron chi connectivity index (χ1n) is 6.28. The molecule has 1 saturated heterocycles. The molecule has 0 aromatic heterocycles. The third-order valence-corrected chi connectivity index (χ3v) is 4.23. The summed E-state index contributed by atoms with van der Waals surface area (Å²) in [7, 11) is -3.09. The van der Waals surface area contributed by atoms with E-state index in [-0.39, 0.29) is 12.1 Å². The maximum Gasteiger partial charge on any atom is 0.315 e. The minimum Gasteiger partial charge on any atom is -0.338 e. The van der Waals surface area contributed by atoms with Gasteiger partial charge in [0.05, 0.1) is 6.26 Å². The van der Waals surface area contributed by atoms with Crippen molar-refractivity contribution in [3.63, 3.8) is 0 Å². The van der Waals surface area contributed by atoms with Crippen LogP contribution < -0.4 is 10.6 Å². The van der Waals surface area contributed by atoms with Crippen LogP contribution in [0.15, 0.2) is 0 Å². The van der Waals surface area contributed by atoms with Crippen LogP contribution in [-0.4, -0.2) is 50.7 Å². The molecule has 2 amide bonds. The molecule has 18 heavy (non-hydrogen) atoms. The lowest BCUT2D eigenvalue weighted by atomic mass is 10.1. The third-order valence-electron chi connectivity index (χ3n) is 2.93. The van der Waals surface area contributed by atoms with E-state index in [4.69, 9.17) is 0 Å². The highest BCUT2D eigenvalue weighted by atomic mass is 32.2. The lowest BCUT2D eigenvalue weighted by Gasteiger charge is -2.30. The number of sulfonamides is 1. The second-order valence-corrected chi connectivity index (χ2v) is 7.17. The first-order chi connectivity index (χ1) is 8.29. The van der Waals surface area contributed by atoms with Crippen LogP contribution in [-0.2, 0) is 10.0 Å². The van der Waals surface area contributed by atoms with Gasteiger partial charge in [-0.3, -0.25) is 0 Å². The third kappa shape index (κ3) is 5.22. The molecule has 0 aromatic carbocycles. The van der Waals surface area contributed by atoms with Crippen LogP contribution in [0.1, 0.15) is 26.7 Å². The van der Waals surface area contributed by atoms with Gasteiger partial charge in [-0.15, -0.1) is 0 Å². The maximum absolute atomic E-state index is 11.5. The predicted molar refractivity (Wildman–Crippen MR) is 70.8 cm³/mol. The number of nitrogens with one attached hydrogen (secondary N) is 2. The molecule has 1 rings (SSSR count). The minimum absolute atomic E-state index is 0.0650. The normalized spacial score (nSPS) is 18.9. The van der Waals surface area contributed by atoms with Crippen molar-refractivity contribution >= 4 is 16.1 Å². The lowest BCUT2D eigenvalue weighted by Crippen LogP contribution is -2.49. The smallest absolute Gasteiger partial charge is 0.315 e. The summed E-state index contributed by atoms with van der Waals surface area (Å²) >= 11 is 0. The van der Waals surface area contributed by atoms with Crippen molar-refractivity contribution in [1.29, 1.82) is 0 Å². The Morgan fingerprint density at radius 1 is 1.33 bits per heavy atom. The summed E-state index contributed by atoms with van der Waals surface area (Å²) in [5, 5.41) is 5.66. The minimum atomic E-state index is -3.09. The lowest BCUT2D eigenvalue weighted by molar-refractivity contribution is 0.226. The Morgan fingerprint density at radius 2 is 1.89 bits per heavy atom. The number of piperidine rings is 1. The number of carbonyl (C=O) groups is 1. The molecule has 0 radical (unpaired) electrons. The monoisotopic (exact) mass is 277 g/mol. The van der Waals surface area contributed by atoms with Crippen molar-refractivity contribution in [3.8, 4) is 0 Å². The summed E-state index contributed by atoms with van der Waals surface area (Å²) in [6, 6.07) is -0.100. The van der Waals surface area contributed by atoms with E-state index in [2.05, 4.69) is 10.6 Å². The Morgan fingerprint density at radius 3 is 2.33 bits per heavy atom. The Bertz CT molecular complexity index is 373. The highest BCUT2D eigenvalue weighted by Crippen LogP contribution is 2.12. The second kappa shape index (κ2) is 6.38. The Labute approximate surface area is 109 Å². The summed E-state index contributed by atoms with van der Waals surface area (Å²) in [5.41, 5.74) is 0. The number of nitrogens with zero attached hydrogens (tertiary/aromatic N) is 1. The van der Waals surface area contributed by atoms with Crippen LogP contribution in [0.25, 0.3) is 0 Å².